The largest absolute Gasteiger partial charge is 0.463 e. The highest BCUT2D eigenvalue weighted by Crippen LogP contribution is 2.31. The van der Waals surface area contributed by atoms with E-state index in [0.29, 0.717) is 0 Å². The highest BCUT2D eigenvalue weighted by Gasteiger charge is 2.51. The number of carbonyl (C=O) groups excluding carboxylic acids is 4. The molecule has 1 aliphatic heterocycles. The van der Waals surface area contributed by atoms with Crippen LogP contribution in [0.1, 0.15) is 53.4 Å². The lowest BCUT2D eigenvalue weighted by Crippen LogP contribution is -2.61. The van der Waals surface area contributed by atoms with Crippen LogP contribution in [0.4, 0.5) is 0 Å². The first-order chi connectivity index (χ1) is 15.6. The number of rotatable bonds is 8. The predicted molar refractivity (Wildman–Crippen MR) is 113 cm³/mol. The molecule has 0 N–H and O–H groups in total. The van der Waals surface area contributed by atoms with Crippen molar-refractivity contribution in [3.8, 4) is 0 Å². The minimum atomic E-state index is -1.24. The molecule has 2 rings (SSSR count). The van der Waals surface area contributed by atoms with Crippen LogP contribution in [-0.4, -0.2) is 80.6 Å². The highest BCUT2D eigenvalue weighted by molar-refractivity contribution is 5.68. The molecule has 0 aromatic heterocycles. The maximum Gasteiger partial charge on any atom is 0.305 e. The number of hydrogen-bond donors (Lipinski definition) is 0. The lowest BCUT2D eigenvalue weighted by molar-refractivity contribution is -0.266. The highest BCUT2D eigenvalue weighted by atomic mass is 16.7. The summed E-state index contributed by atoms with van der Waals surface area (Å²) in [6.07, 6.45) is 0.880. The fourth-order valence-corrected chi connectivity index (χ4v) is 4.00. The molecule has 11 heteroatoms. The number of aliphatic imine (C=N–C) groups is 1. The summed E-state index contributed by atoms with van der Waals surface area (Å²) in [5, 5.41) is 0. The minimum Gasteiger partial charge on any atom is -0.463 e. The summed E-state index contributed by atoms with van der Waals surface area (Å²) in [5.74, 6) is -2.37. The molecule has 1 saturated carbocycles. The molecule has 186 valence electrons. The first-order valence-corrected chi connectivity index (χ1v) is 11.0. The van der Waals surface area contributed by atoms with Gasteiger partial charge in [-0.2, -0.15) is 0 Å². The van der Waals surface area contributed by atoms with Gasteiger partial charge < -0.3 is 28.4 Å². The Morgan fingerprint density at radius 2 is 1.42 bits per heavy atom. The fraction of sp³-hybridized carbons (Fsp3) is 0.773. The van der Waals surface area contributed by atoms with Crippen LogP contribution in [0.25, 0.3) is 0 Å². The Bertz CT molecular complexity index is 731. The molecule has 33 heavy (non-hydrogen) atoms. The Labute approximate surface area is 193 Å². The van der Waals surface area contributed by atoms with E-state index in [9.17, 15) is 19.2 Å². The van der Waals surface area contributed by atoms with Crippen molar-refractivity contribution in [2.45, 2.75) is 90.1 Å². The van der Waals surface area contributed by atoms with E-state index < -0.39 is 54.5 Å². The molecule has 0 radical (unpaired) electrons. The molecule has 11 nitrogen and oxygen atoms in total. The topological polar surface area (TPSA) is 136 Å². The van der Waals surface area contributed by atoms with Crippen LogP contribution in [0.3, 0.4) is 0 Å². The summed E-state index contributed by atoms with van der Waals surface area (Å²) in [5.41, 5.74) is 0. The summed E-state index contributed by atoms with van der Waals surface area (Å²) >= 11 is 0. The predicted octanol–water partition coefficient (Wildman–Crippen LogP) is 1.35. The molecule has 2 fully saturated rings. The number of nitrogens with zero attached hydrogens (tertiary/aromatic N) is 1. The number of carbonyl (C=O) groups is 4. The van der Waals surface area contributed by atoms with E-state index in [4.69, 9.17) is 28.4 Å². The molecule has 1 heterocycles. The van der Waals surface area contributed by atoms with Crippen molar-refractivity contribution in [1.29, 1.82) is 0 Å². The van der Waals surface area contributed by atoms with Gasteiger partial charge in [-0.3, -0.25) is 24.2 Å². The van der Waals surface area contributed by atoms with Gasteiger partial charge in [0.1, 0.15) is 12.7 Å². The van der Waals surface area contributed by atoms with Crippen molar-refractivity contribution in [3.63, 3.8) is 0 Å². The molecule has 1 aliphatic carbocycles. The van der Waals surface area contributed by atoms with Gasteiger partial charge >= 0.3 is 23.9 Å². The van der Waals surface area contributed by atoms with E-state index in [2.05, 4.69) is 4.99 Å². The third-order valence-corrected chi connectivity index (χ3v) is 5.47. The fourth-order valence-electron chi connectivity index (χ4n) is 4.00. The first-order valence-electron chi connectivity index (χ1n) is 11.0. The SMILES string of the molecule is COC1CCC(C=N[C@H]2[C@H](OC(C)=O)O[C@H](COC(C)=O)[C@@H](OC(C)=O)[C@@H]2OC(C)=O)CC1. The molecule has 0 spiro atoms. The number of esters is 4. The van der Waals surface area contributed by atoms with Crippen molar-refractivity contribution in [1.82, 2.24) is 0 Å². The van der Waals surface area contributed by atoms with Crippen LogP contribution in [-0.2, 0) is 47.6 Å². The standard InChI is InChI=1S/C22H33NO10/c1-12(24)29-11-18-20(30-13(2)25)21(31-14(3)26)19(22(33-18)32-15(4)27)23-10-16-6-8-17(28-5)9-7-16/h10,16-22H,6-9,11H2,1-5H3/t16?,17?,18-,19-,20-,21-,22-/m1/s1. The Morgan fingerprint density at radius 1 is 0.848 bits per heavy atom. The minimum absolute atomic E-state index is 0.151. The second-order valence-electron chi connectivity index (χ2n) is 8.16. The van der Waals surface area contributed by atoms with E-state index in [1.54, 1.807) is 13.3 Å². The number of methoxy groups -OCH3 is 1. The zero-order valence-electron chi connectivity index (χ0n) is 19.7. The Balaban J connectivity index is 2.34. The van der Waals surface area contributed by atoms with Crippen LogP contribution >= 0.6 is 0 Å². The molecular weight excluding hydrogens is 438 g/mol. The third-order valence-electron chi connectivity index (χ3n) is 5.47. The van der Waals surface area contributed by atoms with E-state index in [0.717, 1.165) is 25.7 Å². The van der Waals surface area contributed by atoms with Crippen LogP contribution in [0.15, 0.2) is 4.99 Å². The van der Waals surface area contributed by atoms with Gasteiger partial charge in [-0.25, -0.2) is 0 Å². The maximum atomic E-state index is 11.9. The Morgan fingerprint density at radius 3 is 1.94 bits per heavy atom. The van der Waals surface area contributed by atoms with Crippen molar-refractivity contribution < 1.29 is 47.6 Å². The van der Waals surface area contributed by atoms with E-state index in [1.165, 1.54) is 27.7 Å². The summed E-state index contributed by atoms with van der Waals surface area (Å²) < 4.78 is 32.4. The van der Waals surface area contributed by atoms with Crippen molar-refractivity contribution in [2.75, 3.05) is 13.7 Å². The average molecular weight is 472 g/mol. The number of hydrogen-bond acceptors (Lipinski definition) is 11. The van der Waals surface area contributed by atoms with Gasteiger partial charge in [0.25, 0.3) is 0 Å². The van der Waals surface area contributed by atoms with Crippen molar-refractivity contribution in [2.24, 2.45) is 10.9 Å². The molecule has 0 bridgehead atoms. The molecule has 1 saturated heterocycles. The summed E-state index contributed by atoms with van der Waals surface area (Å²) in [4.78, 5) is 51.3. The van der Waals surface area contributed by atoms with E-state index in [-0.39, 0.29) is 18.6 Å². The lowest BCUT2D eigenvalue weighted by Gasteiger charge is -2.43. The van der Waals surface area contributed by atoms with Gasteiger partial charge in [0.05, 0.1) is 6.10 Å². The lowest BCUT2D eigenvalue weighted by atomic mass is 9.88. The number of ether oxygens (including phenoxy) is 6. The van der Waals surface area contributed by atoms with Crippen LogP contribution in [0, 0.1) is 5.92 Å². The molecule has 0 unspecified atom stereocenters. The first kappa shape index (κ1) is 26.7. The molecule has 5 atom stereocenters. The summed E-state index contributed by atoms with van der Waals surface area (Å²) in [6.45, 7) is 4.51. The monoisotopic (exact) mass is 471 g/mol. The van der Waals surface area contributed by atoms with Gasteiger partial charge in [0, 0.05) is 41.0 Å². The zero-order valence-corrected chi connectivity index (χ0v) is 19.7. The van der Waals surface area contributed by atoms with Gasteiger partial charge in [-0.1, -0.05) is 0 Å². The second-order valence-corrected chi connectivity index (χ2v) is 8.16. The second kappa shape index (κ2) is 12.6. The third kappa shape index (κ3) is 8.39. The Hall–Kier alpha value is -2.53. The van der Waals surface area contributed by atoms with E-state index >= 15 is 0 Å². The smallest absolute Gasteiger partial charge is 0.305 e. The maximum absolute atomic E-state index is 11.9. The summed E-state index contributed by atoms with van der Waals surface area (Å²) in [7, 11) is 1.69. The van der Waals surface area contributed by atoms with Gasteiger partial charge in [0.15, 0.2) is 18.2 Å². The van der Waals surface area contributed by atoms with E-state index in [1.807, 2.05) is 0 Å². The van der Waals surface area contributed by atoms with Crippen molar-refractivity contribution in [3.05, 3.63) is 0 Å². The van der Waals surface area contributed by atoms with Crippen LogP contribution in [0.5, 0.6) is 0 Å². The molecule has 0 aromatic rings. The van der Waals surface area contributed by atoms with Crippen LogP contribution in [0.2, 0.25) is 0 Å². The average Bonchev–Trinajstić information content (AvgIpc) is 2.73. The van der Waals surface area contributed by atoms with Gasteiger partial charge in [0.2, 0.25) is 6.29 Å². The molecular formula is C22H33NO10. The van der Waals surface area contributed by atoms with Gasteiger partial charge in [-0.15, -0.1) is 0 Å². The van der Waals surface area contributed by atoms with Gasteiger partial charge in [-0.05, 0) is 31.6 Å². The molecule has 2 aliphatic rings. The Kier molecular flexibility index (Phi) is 10.2. The zero-order chi connectivity index (χ0) is 24.5. The van der Waals surface area contributed by atoms with Crippen molar-refractivity contribution >= 4 is 30.1 Å². The molecule has 0 amide bonds. The van der Waals surface area contributed by atoms with Crippen LogP contribution < -0.4 is 0 Å². The normalized spacial score (nSPS) is 32.1. The molecule has 0 aromatic carbocycles. The summed E-state index contributed by atoms with van der Waals surface area (Å²) in [6, 6.07) is -0.990. The quantitative estimate of drug-likeness (QED) is 0.290.